The second kappa shape index (κ2) is 4.86. The highest BCUT2D eigenvalue weighted by molar-refractivity contribution is 6.13. The number of hydrogen-bond acceptors (Lipinski definition) is 5. The van der Waals surface area contributed by atoms with E-state index in [2.05, 4.69) is 5.16 Å². The fourth-order valence-corrected chi connectivity index (χ4v) is 2.31. The Kier molecular flexibility index (Phi) is 3.02. The Morgan fingerprint density at radius 2 is 1.67 bits per heavy atom. The van der Waals surface area contributed by atoms with Gasteiger partial charge in [0, 0.05) is 10.9 Å². The maximum absolute atomic E-state index is 9.65. The van der Waals surface area contributed by atoms with E-state index in [0.29, 0.717) is 28.0 Å². The molecule has 21 heavy (non-hydrogen) atoms. The van der Waals surface area contributed by atoms with Crippen LogP contribution in [0.2, 0.25) is 0 Å². The molecule has 0 saturated carbocycles. The lowest BCUT2D eigenvalue weighted by Crippen LogP contribution is -1.95. The average molecular weight is 283 g/mol. The molecule has 5 nitrogen and oxygen atoms in total. The third-order valence-corrected chi connectivity index (χ3v) is 3.31. The number of benzene rings is 2. The second-order valence-electron chi connectivity index (χ2n) is 4.72. The summed E-state index contributed by atoms with van der Waals surface area (Å²) in [4.78, 5) is 0. The molecule has 0 saturated heterocycles. The number of nitrogens with zero attached hydrogens (tertiary/aromatic N) is 1. The summed E-state index contributed by atoms with van der Waals surface area (Å²) in [5.41, 5.74) is 2.30. The van der Waals surface area contributed by atoms with Gasteiger partial charge in [-0.1, -0.05) is 5.16 Å². The molecular weight excluding hydrogens is 270 g/mol. The zero-order chi connectivity index (χ0) is 15.0. The molecule has 3 N–H and O–H groups in total. The monoisotopic (exact) mass is 283 g/mol. The summed E-state index contributed by atoms with van der Waals surface area (Å²) >= 11 is 0. The van der Waals surface area contributed by atoms with E-state index in [0.717, 1.165) is 5.56 Å². The summed E-state index contributed by atoms with van der Waals surface area (Å²) < 4.78 is 5.82. The van der Waals surface area contributed by atoms with E-state index in [4.69, 9.17) is 9.62 Å². The Bertz CT molecular complexity index is 831. The van der Waals surface area contributed by atoms with Crippen LogP contribution in [0.5, 0.6) is 11.5 Å². The van der Waals surface area contributed by atoms with Crippen molar-refractivity contribution in [3.63, 3.8) is 0 Å². The zero-order valence-electron chi connectivity index (χ0n) is 11.2. The van der Waals surface area contributed by atoms with Gasteiger partial charge in [-0.05, 0) is 49.4 Å². The maximum Gasteiger partial charge on any atom is 0.144 e. The van der Waals surface area contributed by atoms with Crippen LogP contribution in [0.4, 0.5) is 0 Å². The molecule has 0 amide bonds. The number of aromatic hydroxyl groups is 2. The van der Waals surface area contributed by atoms with Crippen molar-refractivity contribution in [1.29, 1.82) is 0 Å². The van der Waals surface area contributed by atoms with Crippen LogP contribution in [0.1, 0.15) is 12.5 Å². The smallest absolute Gasteiger partial charge is 0.144 e. The van der Waals surface area contributed by atoms with Crippen molar-refractivity contribution in [2.45, 2.75) is 6.92 Å². The van der Waals surface area contributed by atoms with Gasteiger partial charge >= 0.3 is 0 Å². The minimum Gasteiger partial charge on any atom is -0.508 e. The van der Waals surface area contributed by atoms with E-state index < -0.39 is 0 Å². The van der Waals surface area contributed by atoms with Crippen LogP contribution >= 0.6 is 0 Å². The first kappa shape index (κ1) is 13.1. The first-order valence-corrected chi connectivity index (χ1v) is 6.34. The Hall–Kier alpha value is -2.95. The van der Waals surface area contributed by atoms with Crippen LogP contribution in [-0.2, 0) is 0 Å². The molecule has 0 fully saturated rings. The minimum atomic E-state index is 0.104. The third-order valence-electron chi connectivity index (χ3n) is 3.31. The molecule has 5 heteroatoms. The number of phenolic OH excluding ortho intramolecular Hbond substituents is 2. The third kappa shape index (κ3) is 2.18. The highest BCUT2D eigenvalue weighted by atomic mass is 16.4. The topological polar surface area (TPSA) is 86.2 Å². The standard InChI is InChI=1S/C16H13NO4/c1-9(17-20)15-13-8-12(19)6-7-14(13)21-16(15)10-2-4-11(18)5-3-10/h2-8,18-20H,1H3. The Balaban J connectivity index is 2.33. The molecule has 0 aliphatic heterocycles. The normalized spacial score (nSPS) is 12.0. The number of phenols is 2. The van der Waals surface area contributed by atoms with Gasteiger partial charge in [-0.3, -0.25) is 0 Å². The minimum absolute atomic E-state index is 0.104. The van der Waals surface area contributed by atoms with Crippen molar-refractivity contribution in [3.05, 3.63) is 48.0 Å². The summed E-state index contributed by atoms with van der Waals surface area (Å²) in [6.45, 7) is 1.65. The van der Waals surface area contributed by atoms with Gasteiger partial charge in [0.25, 0.3) is 0 Å². The summed E-state index contributed by atoms with van der Waals surface area (Å²) in [5, 5.41) is 32.0. The molecule has 0 atom stereocenters. The van der Waals surface area contributed by atoms with Crippen LogP contribution in [0, 0.1) is 0 Å². The summed E-state index contributed by atoms with van der Waals surface area (Å²) in [5.74, 6) is 0.778. The van der Waals surface area contributed by atoms with Crippen molar-refractivity contribution in [3.8, 4) is 22.8 Å². The van der Waals surface area contributed by atoms with Crippen molar-refractivity contribution in [2.24, 2.45) is 5.16 Å². The molecule has 2 aromatic carbocycles. The lowest BCUT2D eigenvalue weighted by atomic mass is 10.0. The molecule has 0 spiro atoms. The van der Waals surface area contributed by atoms with Gasteiger partial charge in [-0.25, -0.2) is 0 Å². The predicted molar refractivity (Wildman–Crippen MR) is 79.0 cm³/mol. The Morgan fingerprint density at radius 1 is 1.00 bits per heavy atom. The molecule has 0 aliphatic rings. The molecule has 3 rings (SSSR count). The molecule has 1 heterocycles. The van der Waals surface area contributed by atoms with Crippen LogP contribution < -0.4 is 0 Å². The molecule has 0 bridgehead atoms. The van der Waals surface area contributed by atoms with E-state index in [1.165, 1.54) is 6.07 Å². The molecule has 0 unspecified atom stereocenters. The van der Waals surface area contributed by atoms with Gasteiger partial charge in [-0.15, -0.1) is 0 Å². The number of fused-ring (bicyclic) bond motifs is 1. The van der Waals surface area contributed by atoms with Crippen LogP contribution in [0.15, 0.2) is 52.0 Å². The Labute approximate surface area is 120 Å². The number of oxime groups is 1. The van der Waals surface area contributed by atoms with Gasteiger partial charge in [-0.2, -0.15) is 0 Å². The van der Waals surface area contributed by atoms with Gasteiger partial charge < -0.3 is 19.8 Å². The van der Waals surface area contributed by atoms with E-state index in [1.54, 1.807) is 43.3 Å². The van der Waals surface area contributed by atoms with Crippen LogP contribution in [0.25, 0.3) is 22.3 Å². The average Bonchev–Trinajstić information content (AvgIpc) is 2.85. The first-order chi connectivity index (χ1) is 10.1. The van der Waals surface area contributed by atoms with Crippen molar-refractivity contribution in [1.82, 2.24) is 0 Å². The zero-order valence-corrected chi connectivity index (χ0v) is 11.2. The molecular formula is C16H13NO4. The van der Waals surface area contributed by atoms with Crippen molar-refractivity contribution in [2.75, 3.05) is 0 Å². The number of hydrogen-bond donors (Lipinski definition) is 3. The van der Waals surface area contributed by atoms with E-state index in [9.17, 15) is 10.2 Å². The Morgan fingerprint density at radius 3 is 2.33 bits per heavy atom. The largest absolute Gasteiger partial charge is 0.508 e. The molecule has 0 aliphatic carbocycles. The fourth-order valence-electron chi connectivity index (χ4n) is 2.31. The van der Waals surface area contributed by atoms with E-state index in [1.807, 2.05) is 0 Å². The highest BCUT2D eigenvalue weighted by Crippen LogP contribution is 2.36. The van der Waals surface area contributed by atoms with Crippen LogP contribution in [0.3, 0.4) is 0 Å². The number of rotatable bonds is 2. The second-order valence-corrected chi connectivity index (χ2v) is 4.72. The quantitative estimate of drug-likeness (QED) is 0.380. The number of furan rings is 1. The lowest BCUT2D eigenvalue weighted by molar-refractivity contribution is 0.319. The summed E-state index contributed by atoms with van der Waals surface area (Å²) in [7, 11) is 0. The highest BCUT2D eigenvalue weighted by Gasteiger charge is 2.19. The van der Waals surface area contributed by atoms with Crippen molar-refractivity contribution < 1.29 is 19.8 Å². The molecule has 1 aromatic heterocycles. The van der Waals surface area contributed by atoms with Crippen LogP contribution in [-0.4, -0.2) is 21.1 Å². The predicted octanol–water partition coefficient (Wildman–Crippen LogP) is 3.71. The van der Waals surface area contributed by atoms with E-state index >= 15 is 0 Å². The SMILES string of the molecule is CC(=NO)c1c(-c2ccc(O)cc2)oc2ccc(O)cc12. The van der Waals surface area contributed by atoms with Gasteiger partial charge in [0.1, 0.15) is 22.8 Å². The van der Waals surface area contributed by atoms with Gasteiger partial charge in [0.2, 0.25) is 0 Å². The molecule has 0 radical (unpaired) electrons. The molecule has 106 valence electrons. The summed E-state index contributed by atoms with van der Waals surface area (Å²) in [6.07, 6.45) is 0. The van der Waals surface area contributed by atoms with Gasteiger partial charge in [0.05, 0.1) is 11.3 Å². The van der Waals surface area contributed by atoms with Crippen molar-refractivity contribution >= 4 is 16.7 Å². The van der Waals surface area contributed by atoms with E-state index in [-0.39, 0.29) is 11.5 Å². The molecule has 3 aromatic rings. The summed E-state index contributed by atoms with van der Waals surface area (Å²) in [6, 6.07) is 11.3. The van der Waals surface area contributed by atoms with Gasteiger partial charge in [0.15, 0.2) is 0 Å². The maximum atomic E-state index is 9.65. The lowest BCUT2D eigenvalue weighted by Gasteiger charge is -2.02. The fraction of sp³-hybridized carbons (Fsp3) is 0.0625. The first-order valence-electron chi connectivity index (χ1n) is 6.34.